The summed E-state index contributed by atoms with van der Waals surface area (Å²) >= 11 is 0.700. The van der Waals surface area contributed by atoms with Gasteiger partial charge in [0.2, 0.25) is 5.95 Å². The van der Waals surface area contributed by atoms with E-state index < -0.39 is 40.9 Å². The Hall–Kier alpha value is -2.24. The largest absolute Gasteiger partial charge is 0.458 e. The molecule has 136 valence electrons. The Morgan fingerprint density at radius 1 is 1.60 bits per heavy atom. The number of aliphatic hydroxyl groups excluding tert-OH is 1. The van der Waals surface area contributed by atoms with Gasteiger partial charge in [0.05, 0.1) is 12.2 Å². The molecule has 2 aromatic heterocycles. The highest BCUT2D eigenvalue weighted by Gasteiger charge is 2.43. The van der Waals surface area contributed by atoms with E-state index in [0.29, 0.717) is 17.8 Å². The number of aromatic amines is 1. The average Bonchev–Trinajstić information content (AvgIpc) is 3.06. The van der Waals surface area contributed by atoms with E-state index in [9.17, 15) is 19.5 Å². The molecule has 10 nitrogen and oxygen atoms in total. The Morgan fingerprint density at radius 2 is 2.32 bits per heavy atom. The van der Waals surface area contributed by atoms with Gasteiger partial charge in [-0.2, -0.15) is 4.98 Å². The molecule has 25 heavy (non-hydrogen) atoms. The maximum absolute atomic E-state index is 12.4. The molecule has 0 unspecified atom stereocenters. The van der Waals surface area contributed by atoms with Crippen LogP contribution in [0.25, 0.3) is 10.3 Å². The first kappa shape index (κ1) is 17.6. The van der Waals surface area contributed by atoms with Gasteiger partial charge >= 0.3 is 10.8 Å². The molecule has 0 amide bonds. The Morgan fingerprint density at radius 3 is 2.96 bits per heavy atom. The van der Waals surface area contributed by atoms with Crippen molar-refractivity contribution in [2.45, 2.75) is 51.2 Å². The molecule has 4 atom stereocenters. The molecule has 1 fully saturated rings. The van der Waals surface area contributed by atoms with Crippen LogP contribution >= 0.6 is 11.3 Å². The van der Waals surface area contributed by atoms with Crippen molar-refractivity contribution in [2.75, 3.05) is 5.73 Å². The molecule has 4 N–H and O–H groups in total. The van der Waals surface area contributed by atoms with Gasteiger partial charge < -0.3 is 20.3 Å². The van der Waals surface area contributed by atoms with Gasteiger partial charge in [0.1, 0.15) is 10.8 Å². The first-order chi connectivity index (χ1) is 11.8. The van der Waals surface area contributed by atoms with Gasteiger partial charge in [0.25, 0.3) is 5.56 Å². The third kappa shape index (κ3) is 3.17. The number of hydrogen-bond donors (Lipinski definition) is 3. The van der Waals surface area contributed by atoms with Gasteiger partial charge in [-0.15, -0.1) is 0 Å². The Bertz CT molecular complexity index is 918. The number of anilines is 1. The third-order valence-electron chi connectivity index (χ3n) is 4.01. The van der Waals surface area contributed by atoms with Crippen LogP contribution in [0.3, 0.4) is 0 Å². The summed E-state index contributed by atoms with van der Waals surface area (Å²) in [7, 11) is 0. The zero-order valence-corrected chi connectivity index (χ0v) is 14.4. The quantitative estimate of drug-likeness (QED) is 0.622. The zero-order valence-electron chi connectivity index (χ0n) is 13.6. The normalized spacial score (nSPS) is 24.5. The van der Waals surface area contributed by atoms with Gasteiger partial charge in [-0.1, -0.05) is 18.3 Å². The van der Waals surface area contributed by atoms with Crippen molar-refractivity contribution < 1.29 is 19.4 Å². The Balaban J connectivity index is 2.10. The number of rotatable bonds is 4. The van der Waals surface area contributed by atoms with Crippen LogP contribution < -0.4 is 16.2 Å². The van der Waals surface area contributed by atoms with E-state index in [1.54, 1.807) is 6.92 Å². The summed E-state index contributed by atoms with van der Waals surface area (Å²) in [5, 5.41) is 10.1. The van der Waals surface area contributed by atoms with Crippen molar-refractivity contribution in [2.24, 2.45) is 0 Å². The second-order valence-corrected chi connectivity index (χ2v) is 6.73. The lowest BCUT2D eigenvalue weighted by Crippen LogP contribution is -2.30. The number of ether oxygens (including phenoxy) is 2. The first-order valence-corrected chi connectivity index (χ1v) is 8.55. The summed E-state index contributed by atoms with van der Waals surface area (Å²) in [6, 6.07) is 0. The van der Waals surface area contributed by atoms with Crippen LogP contribution in [0, 0.1) is 0 Å². The molecule has 1 saturated heterocycles. The minimum absolute atomic E-state index is 0.0602. The van der Waals surface area contributed by atoms with Crippen LogP contribution in [-0.2, 0) is 14.3 Å². The fourth-order valence-corrected chi connectivity index (χ4v) is 3.74. The number of H-pyrrole nitrogens is 1. The zero-order chi connectivity index (χ0) is 18.3. The maximum Gasteiger partial charge on any atom is 0.311 e. The summed E-state index contributed by atoms with van der Waals surface area (Å²) in [5.74, 6) is -0.681. The molecule has 2 aromatic rings. The third-order valence-corrected chi connectivity index (χ3v) is 4.95. The van der Waals surface area contributed by atoms with Crippen molar-refractivity contribution >= 4 is 33.6 Å². The number of hydrogen-bond acceptors (Lipinski definition) is 9. The van der Waals surface area contributed by atoms with Gasteiger partial charge in [-0.25, -0.2) is 0 Å². The van der Waals surface area contributed by atoms with E-state index in [2.05, 4.69) is 9.97 Å². The number of nitrogen functional groups attached to an aromatic ring is 1. The number of nitrogens with one attached hydrogen (secondary N) is 1. The predicted molar refractivity (Wildman–Crippen MR) is 89.3 cm³/mol. The molecule has 0 aromatic carbocycles. The SMILES string of the molecule is CC[C@@H](O)[C@@H]1C[C@@H](OC(C)=O)[C@H](n2c(=O)sc3c(=O)[nH]c(N)nc32)O1. The second-order valence-electron chi connectivity index (χ2n) is 5.77. The van der Waals surface area contributed by atoms with Gasteiger partial charge in [-0.3, -0.25) is 23.9 Å². The molecule has 3 heterocycles. The van der Waals surface area contributed by atoms with Crippen LogP contribution in [0.2, 0.25) is 0 Å². The number of carbonyl (C=O) groups excluding carboxylic acids is 1. The number of nitrogens with zero attached hydrogens (tertiary/aromatic N) is 2. The highest BCUT2D eigenvalue weighted by atomic mass is 32.1. The van der Waals surface area contributed by atoms with Crippen molar-refractivity contribution in [1.29, 1.82) is 0 Å². The summed E-state index contributed by atoms with van der Waals surface area (Å²) in [5.41, 5.74) is 5.10. The van der Waals surface area contributed by atoms with E-state index in [1.807, 2.05) is 0 Å². The smallest absolute Gasteiger partial charge is 0.311 e. The topological polar surface area (TPSA) is 150 Å². The number of aliphatic hydroxyl groups is 1. The first-order valence-electron chi connectivity index (χ1n) is 7.73. The molecule has 0 aliphatic carbocycles. The Labute approximate surface area is 145 Å². The molecule has 0 bridgehead atoms. The minimum atomic E-state index is -0.995. The van der Waals surface area contributed by atoms with Crippen LogP contribution in [0.1, 0.15) is 32.9 Å². The van der Waals surface area contributed by atoms with E-state index in [0.717, 1.165) is 4.57 Å². The fourth-order valence-electron chi connectivity index (χ4n) is 2.90. The fraction of sp³-hybridized carbons (Fsp3) is 0.571. The number of thiazole rings is 1. The molecule has 0 spiro atoms. The van der Waals surface area contributed by atoms with Crippen LogP contribution in [0.4, 0.5) is 5.95 Å². The maximum atomic E-state index is 12.4. The predicted octanol–water partition coefficient (Wildman–Crippen LogP) is -0.281. The van der Waals surface area contributed by atoms with Crippen LogP contribution in [0.5, 0.6) is 0 Å². The van der Waals surface area contributed by atoms with E-state index >= 15 is 0 Å². The second kappa shape index (κ2) is 6.58. The van der Waals surface area contributed by atoms with Gasteiger partial charge in [0.15, 0.2) is 11.9 Å². The molecule has 11 heteroatoms. The van der Waals surface area contributed by atoms with E-state index in [-0.39, 0.29) is 22.7 Å². The summed E-state index contributed by atoms with van der Waals surface area (Å²) in [4.78, 5) is 41.7. The highest BCUT2D eigenvalue weighted by molar-refractivity contribution is 7.16. The molecule has 1 aliphatic rings. The monoisotopic (exact) mass is 370 g/mol. The van der Waals surface area contributed by atoms with Crippen molar-refractivity contribution in [3.8, 4) is 0 Å². The number of carbonyl (C=O) groups is 1. The van der Waals surface area contributed by atoms with E-state index in [1.165, 1.54) is 6.92 Å². The van der Waals surface area contributed by atoms with Crippen LogP contribution in [-0.4, -0.2) is 43.9 Å². The number of esters is 1. The summed E-state index contributed by atoms with van der Waals surface area (Å²) in [6.45, 7) is 3.03. The number of aromatic nitrogens is 3. The van der Waals surface area contributed by atoms with Gasteiger partial charge in [-0.05, 0) is 6.42 Å². The highest BCUT2D eigenvalue weighted by Crippen LogP contribution is 2.34. The average molecular weight is 370 g/mol. The molecule has 1 aliphatic heterocycles. The molecular weight excluding hydrogens is 352 g/mol. The molecular formula is C14H18N4O6S. The van der Waals surface area contributed by atoms with E-state index in [4.69, 9.17) is 15.2 Å². The standard InChI is InChI=1S/C14H18N4O6S/c1-3-6(20)7-4-8(23-5(2)19)12(24-7)18-10-9(25-14(18)22)11(21)17-13(15)16-10/h6-8,12,20H,3-4H2,1-2H3,(H3,15,16,17,21)/t6-,7+,8-,12-/m1/s1. The molecule has 0 saturated carbocycles. The summed E-state index contributed by atoms with van der Waals surface area (Å²) < 4.78 is 12.3. The van der Waals surface area contributed by atoms with Crippen molar-refractivity contribution in [3.63, 3.8) is 0 Å². The van der Waals surface area contributed by atoms with Gasteiger partial charge in [0, 0.05) is 13.3 Å². The summed E-state index contributed by atoms with van der Waals surface area (Å²) in [6.07, 6.45) is -2.51. The minimum Gasteiger partial charge on any atom is -0.458 e. The number of fused-ring (bicyclic) bond motifs is 1. The molecule has 3 rings (SSSR count). The lowest BCUT2D eigenvalue weighted by molar-refractivity contribution is -0.152. The Kier molecular flexibility index (Phi) is 4.62. The number of nitrogens with two attached hydrogens (primary N) is 1. The lowest BCUT2D eigenvalue weighted by atomic mass is 10.1. The molecule has 0 radical (unpaired) electrons. The lowest BCUT2D eigenvalue weighted by Gasteiger charge is -2.20. The van der Waals surface area contributed by atoms with Crippen LogP contribution in [0.15, 0.2) is 9.59 Å². The van der Waals surface area contributed by atoms with Crippen molar-refractivity contribution in [3.05, 3.63) is 20.0 Å². The van der Waals surface area contributed by atoms with Crippen molar-refractivity contribution in [1.82, 2.24) is 14.5 Å².